The minimum atomic E-state index is 1.75. The van der Waals surface area contributed by atoms with Crippen LogP contribution in [0.5, 0.6) is 0 Å². The van der Waals surface area contributed by atoms with Crippen LogP contribution in [0, 0.1) is 0 Å². The van der Waals surface area contributed by atoms with Gasteiger partial charge in [-0.25, -0.2) is 0 Å². The molecule has 0 fully saturated rings. The molecule has 0 bridgehead atoms. The molecule has 0 N–H and O–H groups in total. The van der Waals surface area contributed by atoms with Crippen molar-refractivity contribution in [2.45, 2.75) is 6.92 Å². The first-order valence-electron chi connectivity index (χ1n) is 2.99. The smallest absolute Gasteiger partial charge is 0.0473 e. The summed E-state index contributed by atoms with van der Waals surface area (Å²) in [6.07, 6.45) is 1.75. The molecule has 0 spiro atoms. The van der Waals surface area contributed by atoms with E-state index in [9.17, 15) is 0 Å². The molecule has 11 heavy (non-hydrogen) atoms. The normalized spacial score (nSPS) is 2.64. The van der Waals surface area contributed by atoms with Crippen molar-refractivity contribution in [3.63, 3.8) is 0 Å². The van der Waals surface area contributed by atoms with Gasteiger partial charge in [0, 0.05) is 0 Å². The van der Waals surface area contributed by atoms with E-state index in [0.29, 0.717) is 0 Å². The molecule has 0 radical (unpaired) electrons. The highest BCUT2D eigenvalue weighted by Crippen LogP contribution is 1.38. The number of rotatable bonds is 0. The molecule has 66 valence electrons. The third-order valence-electron chi connectivity index (χ3n) is 0. The molecule has 0 aliphatic heterocycles. The molecule has 0 heterocycles. The van der Waals surface area contributed by atoms with Gasteiger partial charge in [0.25, 0.3) is 0 Å². The second-order valence-electron chi connectivity index (χ2n) is 0.408. The lowest BCUT2D eigenvalue weighted by Gasteiger charge is -1.31. The lowest BCUT2D eigenvalue weighted by atomic mass is 10.8. The van der Waals surface area contributed by atoms with E-state index in [1.807, 2.05) is 6.92 Å². The number of hydrogen-bond donors (Lipinski definition) is 0. The van der Waals surface area contributed by atoms with Gasteiger partial charge < -0.3 is 0 Å². The van der Waals surface area contributed by atoms with Crippen molar-refractivity contribution in [2.24, 2.45) is 0 Å². The van der Waals surface area contributed by atoms with Crippen molar-refractivity contribution in [1.29, 1.82) is 0 Å². The molecule has 0 aromatic heterocycles. The Morgan fingerprint density at radius 2 is 0.636 bits per heavy atom. The summed E-state index contributed by atoms with van der Waals surface area (Å²) in [4.78, 5) is 0. The second kappa shape index (κ2) is 5730. The van der Waals surface area contributed by atoms with Crippen LogP contribution < -0.4 is 0 Å². The van der Waals surface area contributed by atoms with E-state index < -0.39 is 0 Å². The molecular formula is C11H22. The van der Waals surface area contributed by atoms with Crippen LogP contribution in [0.25, 0.3) is 0 Å². The summed E-state index contributed by atoms with van der Waals surface area (Å²) < 4.78 is 0. The van der Waals surface area contributed by atoms with Crippen LogP contribution in [0.4, 0.5) is 0 Å². The molecular weight excluding hydrogens is 132 g/mol. The van der Waals surface area contributed by atoms with E-state index >= 15 is 0 Å². The Morgan fingerprint density at radius 1 is 0.636 bits per heavy atom. The first-order valence-corrected chi connectivity index (χ1v) is 2.99. The van der Waals surface area contributed by atoms with Gasteiger partial charge in [-0.05, 0) is 6.92 Å². The zero-order chi connectivity index (χ0) is 10.7. The van der Waals surface area contributed by atoms with Gasteiger partial charge in [0.15, 0.2) is 0 Å². The van der Waals surface area contributed by atoms with E-state index in [1.54, 1.807) is 6.08 Å². The number of hydrogen-bond acceptors (Lipinski definition) is 0. The van der Waals surface area contributed by atoms with Gasteiger partial charge in [0.2, 0.25) is 0 Å². The highest BCUT2D eigenvalue weighted by atomic mass is 13.2. The minimum Gasteiger partial charge on any atom is -0.106 e. The lowest BCUT2D eigenvalue weighted by Crippen LogP contribution is -1.07. The summed E-state index contributed by atoms with van der Waals surface area (Å²) in [5.74, 6) is 0. The molecule has 0 aromatic rings. The summed E-state index contributed by atoms with van der Waals surface area (Å²) in [6.45, 7) is 29.2. The average molecular weight is 154 g/mol. The fourth-order valence-electron chi connectivity index (χ4n) is 0. The Morgan fingerprint density at radius 3 is 0.636 bits per heavy atom. The summed E-state index contributed by atoms with van der Waals surface area (Å²) >= 11 is 0. The molecule has 0 unspecified atom stereocenters. The summed E-state index contributed by atoms with van der Waals surface area (Å²) in [5.41, 5.74) is 0. The Bertz CT molecular complexity index is 29.3. The largest absolute Gasteiger partial charge is 0.106 e. The molecule has 0 rings (SSSR count). The van der Waals surface area contributed by atoms with E-state index in [0.717, 1.165) is 0 Å². The first-order chi connectivity index (χ1) is 5.41. The third-order valence-corrected chi connectivity index (χ3v) is 0. The standard InChI is InChI=1S/C3H6.4C2H4/c1-3-2;4*1-2/h3H,1H2,2H3;4*1-2H2. The highest BCUT2D eigenvalue weighted by Gasteiger charge is 1.15. The maximum atomic E-state index is 3.36. The van der Waals surface area contributed by atoms with Gasteiger partial charge >= 0.3 is 0 Å². The quantitative estimate of drug-likeness (QED) is 0.454. The van der Waals surface area contributed by atoms with Crippen LogP contribution in [0.3, 0.4) is 0 Å². The highest BCUT2D eigenvalue weighted by molar-refractivity contribution is 4.51. The SMILES string of the molecule is C=C.C=C.C=C.C=C.C=CC. The van der Waals surface area contributed by atoms with Gasteiger partial charge in [-0.1, -0.05) is 6.08 Å². The van der Waals surface area contributed by atoms with Crippen LogP contribution in [0.15, 0.2) is 65.3 Å². The molecule has 0 saturated carbocycles. The maximum Gasteiger partial charge on any atom is -0.0473 e. The van der Waals surface area contributed by atoms with Gasteiger partial charge in [0.05, 0.1) is 0 Å². The molecule has 0 aliphatic carbocycles. The average Bonchev–Trinajstić information content (AvgIpc) is 2.18. The van der Waals surface area contributed by atoms with Crippen LogP contribution in [-0.2, 0) is 0 Å². The predicted molar refractivity (Wildman–Crippen MR) is 60.9 cm³/mol. The van der Waals surface area contributed by atoms with Crippen molar-refractivity contribution in [1.82, 2.24) is 0 Å². The fourth-order valence-corrected chi connectivity index (χ4v) is 0. The topological polar surface area (TPSA) is 0 Å². The van der Waals surface area contributed by atoms with Gasteiger partial charge in [-0.3, -0.25) is 0 Å². The summed E-state index contributed by atoms with van der Waals surface area (Å²) in [7, 11) is 0. The molecule has 0 heteroatoms. The van der Waals surface area contributed by atoms with Crippen LogP contribution in [0.1, 0.15) is 6.92 Å². The van der Waals surface area contributed by atoms with Gasteiger partial charge in [-0.2, -0.15) is 0 Å². The molecule has 0 amide bonds. The fraction of sp³-hybridized carbons (Fsp3) is 0.0909. The van der Waals surface area contributed by atoms with Crippen molar-refractivity contribution in [3.05, 3.63) is 65.3 Å². The Kier molecular flexibility index (Phi) is 17300. The molecule has 0 nitrogen and oxygen atoms in total. The molecule has 0 atom stereocenters. The Labute approximate surface area is 73.0 Å². The Hall–Kier alpha value is -1.30. The van der Waals surface area contributed by atoms with E-state index in [4.69, 9.17) is 0 Å². The van der Waals surface area contributed by atoms with E-state index in [-0.39, 0.29) is 0 Å². The van der Waals surface area contributed by atoms with Crippen molar-refractivity contribution >= 4 is 0 Å². The van der Waals surface area contributed by atoms with Crippen molar-refractivity contribution < 1.29 is 0 Å². The molecule has 0 saturated heterocycles. The maximum absolute atomic E-state index is 3.36. The first kappa shape index (κ1) is 33.2. The van der Waals surface area contributed by atoms with E-state index in [2.05, 4.69) is 59.2 Å². The second-order valence-corrected chi connectivity index (χ2v) is 0.408. The monoisotopic (exact) mass is 154 g/mol. The third kappa shape index (κ3) is 231. The zero-order valence-electron chi connectivity index (χ0n) is 7.94. The van der Waals surface area contributed by atoms with Crippen molar-refractivity contribution in [2.75, 3.05) is 0 Å². The van der Waals surface area contributed by atoms with Crippen LogP contribution >= 0.6 is 0 Å². The molecule has 0 aliphatic rings. The number of allylic oxidation sites excluding steroid dienone is 1. The van der Waals surface area contributed by atoms with Gasteiger partial charge in [0.1, 0.15) is 0 Å². The zero-order valence-corrected chi connectivity index (χ0v) is 7.94. The Balaban J connectivity index is -0.0000000139. The van der Waals surface area contributed by atoms with Gasteiger partial charge in [-0.15, -0.1) is 59.2 Å². The minimum absolute atomic E-state index is 1.75. The summed E-state index contributed by atoms with van der Waals surface area (Å²) in [5, 5.41) is 0. The molecule has 0 aromatic carbocycles. The summed E-state index contributed by atoms with van der Waals surface area (Å²) in [6, 6.07) is 0. The van der Waals surface area contributed by atoms with Crippen LogP contribution in [-0.4, -0.2) is 0 Å². The van der Waals surface area contributed by atoms with E-state index in [1.165, 1.54) is 0 Å². The van der Waals surface area contributed by atoms with Crippen LogP contribution in [0.2, 0.25) is 0 Å². The van der Waals surface area contributed by atoms with Crippen molar-refractivity contribution in [3.8, 4) is 0 Å². The lowest BCUT2D eigenvalue weighted by molar-refractivity contribution is 1.80. The predicted octanol–water partition coefficient (Wildman–Crippen LogP) is 4.40.